The molecular weight excluding hydrogens is 312 g/mol. The Hall–Kier alpha value is -2.82. The van der Waals surface area contributed by atoms with E-state index in [4.69, 9.17) is 5.11 Å². The summed E-state index contributed by atoms with van der Waals surface area (Å²) < 4.78 is 0. The van der Waals surface area contributed by atoms with E-state index in [1.165, 1.54) is 32.4 Å². The van der Waals surface area contributed by atoms with E-state index in [2.05, 4.69) is 11.9 Å². The van der Waals surface area contributed by atoms with Gasteiger partial charge < -0.3 is 10.0 Å². The van der Waals surface area contributed by atoms with Gasteiger partial charge in [0.1, 0.15) is 0 Å². The Kier molecular flexibility index (Phi) is 6.33. The molecule has 0 atom stereocenters. The molecule has 0 radical (unpaired) electrons. The molecule has 23 heavy (non-hydrogen) atoms. The van der Waals surface area contributed by atoms with Gasteiger partial charge in [0.15, 0.2) is 0 Å². The van der Waals surface area contributed by atoms with E-state index in [0.29, 0.717) is 12.1 Å². The van der Waals surface area contributed by atoms with Crippen LogP contribution in [-0.4, -0.2) is 44.9 Å². The van der Waals surface area contributed by atoms with Gasteiger partial charge in [0.25, 0.3) is 11.4 Å². The van der Waals surface area contributed by atoms with Gasteiger partial charge in [-0.2, -0.15) is 0 Å². The maximum Gasteiger partial charge on any atom is 0.324 e. The van der Waals surface area contributed by atoms with Crippen LogP contribution in [0.4, 0.5) is 17.1 Å². The lowest BCUT2D eigenvalue weighted by molar-refractivity contribution is -0.404. The topological polar surface area (TPSA) is 153 Å². The number of nitro benzene ring substituents is 3. The van der Waals surface area contributed by atoms with E-state index in [1.807, 2.05) is 0 Å². The monoisotopic (exact) mass is 328 g/mol. The van der Waals surface area contributed by atoms with Gasteiger partial charge in [-0.25, -0.2) is 0 Å². The number of hydrogen-bond donors (Lipinski definition) is 1. The van der Waals surface area contributed by atoms with E-state index in [0.717, 1.165) is 0 Å². The number of nitro groups is 3. The van der Waals surface area contributed by atoms with Crippen molar-refractivity contribution in [2.24, 2.45) is 0 Å². The average molecular weight is 328 g/mol. The molecule has 0 aliphatic carbocycles. The second kappa shape index (κ2) is 7.98. The van der Waals surface area contributed by atoms with Crippen LogP contribution in [0.2, 0.25) is 0 Å². The smallest absolute Gasteiger partial charge is 0.324 e. The molecule has 1 aromatic carbocycles. The number of hydrogen-bond acceptors (Lipinski definition) is 8. The number of nitrogens with zero attached hydrogens (tertiary/aromatic N) is 4. The summed E-state index contributed by atoms with van der Waals surface area (Å²) in [6.07, 6.45) is 4.28. The average Bonchev–Trinajstić information content (AvgIpc) is 2.48. The molecule has 0 bridgehead atoms. The molecule has 0 aromatic heterocycles. The summed E-state index contributed by atoms with van der Waals surface area (Å²) in [6.45, 7) is 2.64. The van der Waals surface area contributed by atoms with Crippen LogP contribution < -0.4 is 0 Å². The molecule has 1 N–H and O–H groups in total. The van der Waals surface area contributed by atoms with Crippen LogP contribution in [0.3, 0.4) is 0 Å². The Morgan fingerprint density at radius 1 is 0.913 bits per heavy atom. The summed E-state index contributed by atoms with van der Waals surface area (Å²) in [4.78, 5) is 30.2. The zero-order valence-electron chi connectivity index (χ0n) is 12.4. The minimum atomic E-state index is -1.21. The Morgan fingerprint density at radius 2 is 1.35 bits per heavy atom. The third-order valence-corrected chi connectivity index (χ3v) is 3.24. The molecule has 0 spiro atoms. The molecule has 0 amide bonds. The van der Waals surface area contributed by atoms with Crippen molar-refractivity contribution in [3.05, 3.63) is 42.5 Å². The molecule has 0 unspecified atom stereocenters. The third kappa shape index (κ3) is 5.14. The lowest BCUT2D eigenvalue weighted by atomic mass is 10.1. The molecule has 126 valence electrons. The molecule has 1 aliphatic heterocycles. The number of likely N-dealkylation sites (tertiary alicyclic amines) is 1. The first kappa shape index (κ1) is 18.2. The number of piperidine rings is 1. The highest BCUT2D eigenvalue weighted by Gasteiger charge is 2.30. The maximum atomic E-state index is 10.4. The highest BCUT2D eigenvalue weighted by atomic mass is 16.6. The van der Waals surface area contributed by atoms with E-state index in [-0.39, 0.29) is 0 Å². The summed E-state index contributed by atoms with van der Waals surface area (Å²) in [5, 5.41) is 40.2. The van der Waals surface area contributed by atoms with Crippen LogP contribution in [0.25, 0.3) is 0 Å². The van der Waals surface area contributed by atoms with Crippen molar-refractivity contribution in [3.8, 4) is 5.75 Å². The summed E-state index contributed by atoms with van der Waals surface area (Å²) in [5.41, 5.74) is -3.00. The minimum Gasteiger partial charge on any atom is -0.497 e. The molecule has 11 nitrogen and oxygen atoms in total. The maximum absolute atomic E-state index is 10.4. The highest BCUT2D eigenvalue weighted by Crippen LogP contribution is 2.38. The lowest BCUT2D eigenvalue weighted by Gasteiger charge is -2.20. The number of benzene rings is 1. The van der Waals surface area contributed by atoms with Gasteiger partial charge in [0.05, 0.1) is 26.9 Å². The third-order valence-electron chi connectivity index (χ3n) is 3.24. The van der Waals surface area contributed by atoms with Gasteiger partial charge in [-0.3, -0.25) is 30.3 Å². The molecule has 1 heterocycles. The first-order chi connectivity index (χ1) is 10.7. The fraction of sp³-hybridized carbons (Fsp3) is 0.500. The lowest BCUT2D eigenvalue weighted by Crippen LogP contribution is -2.24. The van der Waals surface area contributed by atoms with Crippen LogP contribution in [0, 0.1) is 30.3 Å². The summed E-state index contributed by atoms with van der Waals surface area (Å²) in [7, 11) is 2.19. The Labute approximate surface area is 130 Å². The van der Waals surface area contributed by atoms with Crippen molar-refractivity contribution in [1.82, 2.24) is 4.90 Å². The SMILES string of the molecule is CN1CCCCC1.O=[N+]([O-])c1cc([N+](=O)[O-])c(O)c([N+](=O)[O-])c1. The zero-order valence-corrected chi connectivity index (χ0v) is 12.4. The summed E-state index contributed by atoms with van der Waals surface area (Å²) in [5.74, 6) is -1.21. The molecule has 2 rings (SSSR count). The van der Waals surface area contributed by atoms with Crippen LogP contribution in [0.15, 0.2) is 12.1 Å². The Balaban J connectivity index is 0.000000313. The molecule has 1 aromatic rings. The van der Waals surface area contributed by atoms with E-state index >= 15 is 0 Å². The van der Waals surface area contributed by atoms with Crippen molar-refractivity contribution in [2.45, 2.75) is 19.3 Å². The second-order valence-electron chi connectivity index (χ2n) is 4.97. The van der Waals surface area contributed by atoms with Crippen LogP contribution in [0.5, 0.6) is 5.75 Å². The molecule has 1 saturated heterocycles. The van der Waals surface area contributed by atoms with Crippen molar-refractivity contribution in [3.63, 3.8) is 0 Å². The molecule has 1 fully saturated rings. The number of rotatable bonds is 3. The van der Waals surface area contributed by atoms with Gasteiger partial charge in [0.2, 0.25) is 0 Å². The van der Waals surface area contributed by atoms with Crippen molar-refractivity contribution >= 4 is 17.1 Å². The number of phenols is 1. The number of non-ortho nitro benzene ring substituents is 1. The minimum absolute atomic E-state index is 0.447. The fourth-order valence-corrected chi connectivity index (χ4v) is 2.03. The van der Waals surface area contributed by atoms with Crippen molar-refractivity contribution in [2.75, 3.05) is 20.1 Å². The van der Waals surface area contributed by atoms with Gasteiger partial charge >= 0.3 is 11.4 Å². The van der Waals surface area contributed by atoms with E-state index in [1.54, 1.807) is 0 Å². The Morgan fingerprint density at radius 3 is 1.61 bits per heavy atom. The van der Waals surface area contributed by atoms with E-state index < -0.39 is 37.6 Å². The van der Waals surface area contributed by atoms with Crippen molar-refractivity contribution in [1.29, 1.82) is 0 Å². The van der Waals surface area contributed by atoms with Crippen LogP contribution in [0.1, 0.15) is 19.3 Å². The first-order valence-electron chi connectivity index (χ1n) is 6.72. The fourth-order valence-electron chi connectivity index (χ4n) is 2.03. The van der Waals surface area contributed by atoms with Crippen LogP contribution in [-0.2, 0) is 0 Å². The molecule has 1 aliphatic rings. The molecular formula is C12H16N4O7. The summed E-state index contributed by atoms with van der Waals surface area (Å²) >= 11 is 0. The highest BCUT2D eigenvalue weighted by molar-refractivity contribution is 5.64. The second-order valence-corrected chi connectivity index (χ2v) is 4.97. The largest absolute Gasteiger partial charge is 0.497 e. The predicted octanol–water partition coefficient (Wildman–Crippen LogP) is 2.22. The van der Waals surface area contributed by atoms with Crippen molar-refractivity contribution < 1.29 is 19.9 Å². The van der Waals surface area contributed by atoms with Gasteiger partial charge in [-0.1, -0.05) is 6.42 Å². The normalized spacial score (nSPS) is 14.5. The van der Waals surface area contributed by atoms with Crippen LogP contribution >= 0.6 is 0 Å². The van der Waals surface area contributed by atoms with Gasteiger partial charge in [-0.05, 0) is 33.0 Å². The zero-order chi connectivity index (χ0) is 17.6. The molecule has 0 saturated carbocycles. The number of aromatic hydroxyl groups is 1. The number of phenolic OH excluding ortho intramolecular Hbond substituents is 1. The molecule has 11 heteroatoms. The van der Waals surface area contributed by atoms with E-state index in [9.17, 15) is 30.3 Å². The quantitative estimate of drug-likeness (QED) is 0.654. The predicted molar refractivity (Wildman–Crippen MR) is 79.4 cm³/mol. The van der Waals surface area contributed by atoms with Gasteiger partial charge in [-0.15, -0.1) is 0 Å². The standard InChI is InChI=1S/C6H3N3O7.C6H13N/c10-6-4(8(13)14)1-3(7(11)12)2-5(6)9(15)16;1-7-5-3-2-4-6-7/h1-2,10H;2-6H2,1H3. The first-order valence-corrected chi connectivity index (χ1v) is 6.72. The summed E-state index contributed by atoms with van der Waals surface area (Å²) in [6, 6.07) is 0.894. The van der Waals surface area contributed by atoms with Gasteiger partial charge in [0, 0.05) is 0 Å². The Bertz CT molecular complexity index is 578.